The van der Waals surface area contributed by atoms with Gasteiger partial charge in [0.2, 0.25) is 0 Å². The average molecular weight is 727 g/mol. The molecule has 6 aromatic carbocycles. The smallest absolute Gasteiger partial charge is 0.392 e. The van der Waals surface area contributed by atoms with Crippen LogP contribution in [0, 0.1) is 61.1 Å². The fourth-order valence-electron chi connectivity index (χ4n) is 4.80. The summed E-state index contributed by atoms with van der Waals surface area (Å²) in [7, 11) is 0. The molecular formula is C44H46F4N2Ti. The Labute approximate surface area is 317 Å². The Balaban J connectivity index is 0.000000273. The van der Waals surface area contributed by atoms with E-state index in [-0.39, 0.29) is 21.7 Å². The standard InChI is InChI=1S/2C17H18F2N.2C5H5.Ti/c2*1-12(2)11-20(15-7-4-13(3)5-8-15)17-9-6-14(18)10-16(17)19;2*1-2-4-5-3-1;/h2*4-9,12H,11H2,1-3H3;2*1-5H;/q4*-1;+4. The molecule has 0 spiro atoms. The van der Waals surface area contributed by atoms with Crippen LogP contribution in [0.25, 0.3) is 0 Å². The zero-order chi connectivity index (χ0) is 36.5. The third kappa shape index (κ3) is 15.2. The molecule has 0 aliphatic carbocycles. The second kappa shape index (κ2) is 22.4. The van der Waals surface area contributed by atoms with Crippen LogP contribution in [-0.2, 0) is 21.7 Å². The minimum atomic E-state index is -0.681. The molecule has 0 N–H and O–H groups in total. The first-order chi connectivity index (χ1) is 23.9. The molecule has 264 valence electrons. The maximum atomic E-state index is 14.0. The first-order valence-electron chi connectivity index (χ1n) is 16.7. The van der Waals surface area contributed by atoms with E-state index in [0.717, 1.165) is 22.5 Å². The van der Waals surface area contributed by atoms with Gasteiger partial charge in [-0.3, -0.25) is 0 Å². The van der Waals surface area contributed by atoms with Gasteiger partial charge in [-0.05, 0) is 61.3 Å². The Bertz CT molecular complexity index is 1600. The van der Waals surface area contributed by atoms with Crippen molar-refractivity contribution in [1.29, 1.82) is 0 Å². The summed E-state index contributed by atoms with van der Waals surface area (Å²) in [5.74, 6) is -1.99. The molecule has 0 saturated carbocycles. The van der Waals surface area contributed by atoms with Gasteiger partial charge in [0.1, 0.15) is 0 Å². The molecule has 0 bridgehead atoms. The Kier molecular flexibility index (Phi) is 18.8. The molecule has 51 heavy (non-hydrogen) atoms. The van der Waals surface area contributed by atoms with Crippen molar-refractivity contribution in [3.63, 3.8) is 0 Å². The SMILES string of the molecule is Cc1ccc(N(CC(C)C)c2ccc(F)[c-]c2F)cc1.Cc1ccc(N(CC(C)C)c2ccc(F)[c-]c2F)cc1.[Ti+4].c1cc[cH-]c1.c1cc[cH-]c1. The van der Waals surface area contributed by atoms with Crippen molar-refractivity contribution in [3.8, 4) is 0 Å². The first-order valence-corrected chi connectivity index (χ1v) is 16.7. The first kappa shape index (κ1) is 42.8. The third-order valence-electron chi connectivity index (χ3n) is 7.16. The molecule has 6 aromatic rings. The third-order valence-corrected chi connectivity index (χ3v) is 7.16. The molecule has 0 amide bonds. The van der Waals surface area contributed by atoms with E-state index in [4.69, 9.17) is 0 Å². The van der Waals surface area contributed by atoms with E-state index in [1.165, 1.54) is 24.3 Å². The Morgan fingerprint density at radius 2 is 0.824 bits per heavy atom. The van der Waals surface area contributed by atoms with Gasteiger partial charge in [0, 0.05) is 47.7 Å². The fraction of sp³-hybridized carbons (Fsp3) is 0.227. The summed E-state index contributed by atoms with van der Waals surface area (Å²) in [4.78, 5) is 3.71. The molecule has 0 unspecified atom stereocenters. The van der Waals surface area contributed by atoms with Crippen molar-refractivity contribution in [2.24, 2.45) is 11.8 Å². The van der Waals surface area contributed by atoms with Gasteiger partial charge in [0.05, 0.1) is 0 Å². The van der Waals surface area contributed by atoms with Gasteiger partial charge < -0.3 is 9.80 Å². The summed E-state index contributed by atoms with van der Waals surface area (Å²) in [5, 5.41) is 0. The van der Waals surface area contributed by atoms with Crippen LogP contribution in [0.5, 0.6) is 0 Å². The molecule has 0 radical (unpaired) electrons. The summed E-state index contributed by atoms with van der Waals surface area (Å²) in [6.45, 7) is 13.6. The summed E-state index contributed by atoms with van der Waals surface area (Å²) >= 11 is 0. The predicted molar refractivity (Wildman–Crippen MR) is 201 cm³/mol. The molecule has 2 nitrogen and oxygen atoms in total. The normalized spacial score (nSPS) is 10.1. The van der Waals surface area contributed by atoms with E-state index in [1.807, 2.05) is 133 Å². The van der Waals surface area contributed by atoms with Crippen LogP contribution < -0.4 is 9.80 Å². The second-order valence-corrected chi connectivity index (χ2v) is 12.6. The number of aryl methyl sites for hydroxylation is 2. The van der Waals surface area contributed by atoms with Gasteiger partial charge in [-0.15, -0.1) is 36.4 Å². The quantitative estimate of drug-likeness (QED) is 0.0875. The van der Waals surface area contributed by atoms with E-state index in [2.05, 4.69) is 39.8 Å². The van der Waals surface area contributed by atoms with Crippen LogP contribution in [0.2, 0.25) is 0 Å². The van der Waals surface area contributed by atoms with Crippen molar-refractivity contribution in [1.82, 2.24) is 0 Å². The largest absolute Gasteiger partial charge is 4.00 e. The van der Waals surface area contributed by atoms with Crippen LogP contribution in [-0.4, -0.2) is 13.1 Å². The van der Waals surface area contributed by atoms with Crippen LogP contribution in [0.15, 0.2) is 133 Å². The molecular weight excluding hydrogens is 680 g/mol. The molecule has 0 aromatic heterocycles. The minimum Gasteiger partial charge on any atom is -0.392 e. The van der Waals surface area contributed by atoms with Crippen molar-refractivity contribution < 1.29 is 39.3 Å². The molecule has 7 heteroatoms. The summed E-state index contributed by atoms with van der Waals surface area (Å²) in [5.41, 5.74) is 4.77. The maximum Gasteiger partial charge on any atom is 4.00 e. The summed E-state index contributed by atoms with van der Waals surface area (Å²) in [6, 6.07) is 45.3. The Morgan fingerprint density at radius 1 is 0.510 bits per heavy atom. The molecule has 0 fully saturated rings. The number of nitrogens with zero attached hydrogens (tertiary/aromatic N) is 2. The predicted octanol–water partition coefficient (Wildman–Crippen LogP) is 12.5. The molecule has 0 saturated heterocycles. The van der Waals surface area contributed by atoms with Crippen LogP contribution in [0.3, 0.4) is 0 Å². The molecule has 0 aliphatic rings. The topological polar surface area (TPSA) is 6.48 Å². The van der Waals surface area contributed by atoms with Crippen LogP contribution in [0.1, 0.15) is 38.8 Å². The minimum absolute atomic E-state index is 0. The molecule has 6 rings (SSSR count). The maximum absolute atomic E-state index is 14.0. The van der Waals surface area contributed by atoms with Crippen molar-refractivity contribution in [3.05, 3.63) is 180 Å². The summed E-state index contributed by atoms with van der Waals surface area (Å²) < 4.78 is 54.0. The van der Waals surface area contributed by atoms with Gasteiger partial charge in [0.25, 0.3) is 0 Å². The van der Waals surface area contributed by atoms with Gasteiger partial charge in [0.15, 0.2) is 0 Å². The molecule has 0 atom stereocenters. The number of halogens is 4. The van der Waals surface area contributed by atoms with E-state index >= 15 is 0 Å². The van der Waals surface area contributed by atoms with E-state index in [0.29, 0.717) is 36.3 Å². The van der Waals surface area contributed by atoms with Crippen LogP contribution >= 0.6 is 0 Å². The number of hydrogen-bond acceptors (Lipinski definition) is 2. The molecule has 0 heterocycles. The van der Waals surface area contributed by atoms with Crippen molar-refractivity contribution in [2.75, 3.05) is 22.9 Å². The van der Waals surface area contributed by atoms with Gasteiger partial charge in [-0.2, -0.15) is 36.4 Å². The Morgan fingerprint density at radius 3 is 1.06 bits per heavy atom. The van der Waals surface area contributed by atoms with Gasteiger partial charge >= 0.3 is 21.7 Å². The number of hydrogen-bond donors (Lipinski definition) is 0. The van der Waals surface area contributed by atoms with Crippen LogP contribution in [0.4, 0.5) is 40.3 Å². The second-order valence-electron chi connectivity index (χ2n) is 12.6. The number of benzene rings is 4. The monoisotopic (exact) mass is 726 g/mol. The number of anilines is 4. The number of rotatable bonds is 8. The van der Waals surface area contributed by atoms with Gasteiger partial charge in [-0.25, -0.2) is 41.8 Å². The molecule has 0 aliphatic heterocycles. The van der Waals surface area contributed by atoms with Crippen molar-refractivity contribution in [2.45, 2.75) is 41.5 Å². The van der Waals surface area contributed by atoms with Crippen molar-refractivity contribution >= 4 is 22.7 Å². The zero-order valence-corrected chi connectivity index (χ0v) is 31.7. The average Bonchev–Trinajstić information content (AvgIpc) is 3.85. The summed E-state index contributed by atoms with van der Waals surface area (Å²) in [6.07, 6.45) is 0. The van der Waals surface area contributed by atoms with Gasteiger partial charge in [-0.1, -0.05) is 63.1 Å². The van der Waals surface area contributed by atoms with E-state index in [9.17, 15) is 17.6 Å². The zero-order valence-electron chi connectivity index (χ0n) is 30.2. The van der Waals surface area contributed by atoms with E-state index in [1.54, 1.807) is 0 Å². The Hall–Kier alpha value is -4.39. The fourth-order valence-corrected chi connectivity index (χ4v) is 4.80. The van der Waals surface area contributed by atoms with E-state index < -0.39 is 23.3 Å².